The zero-order valence-corrected chi connectivity index (χ0v) is 18.0. The number of ether oxygens (including phenoxy) is 1. The highest BCUT2D eigenvalue weighted by Gasteiger charge is 2.53. The van der Waals surface area contributed by atoms with Gasteiger partial charge in [-0.05, 0) is 42.9 Å². The lowest BCUT2D eigenvalue weighted by Gasteiger charge is -2.50. The number of nitrogens with zero attached hydrogens (tertiary/aromatic N) is 2. The van der Waals surface area contributed by atoms with E-state index in [9.17, 15) is 4.79 Å². The number of carbonyl (C=O) groups is 1. The van der Waals surface area contributed by atoms with Gasteiger partial charge in [-0.1, -0.05) is 55.5 Å². The monoisotopic (exact) mass is 413 g/mol. The zero-order chi connectivity index (χ0) is 21.4. The van der Waals surface area contributed by atoms with E-state index in [4.69, 9.17) is 9.72 Å². The Morgan fingerprint density at radius 2 is 1.71 bits per heavy atom. The van der Waals surface area contributed by atoms with Gasteiger partial charge in [0.15, 0.2) is 0 Å². The van der Waals surface area contributed by atoms with Crippen LogP contribution in [0.2, 0.25) is 0 Å². The quantitative estimate of drug-likeness (QED) is 0.646. The summed E-state index contributed by atoms with van der Waals surface area (Å²) in [5.74, 6) is 1.74. The van der Waals surface area contributed by atoms with Gasteiger partial charge in [-0.15, -0.1) is 0 Å². The number of carbonyl (C=O) groups excluding carboxylic acids is 1. The van der Waals surface area contributed by atoms with Gasteiger partial charge in [-0.25, -0.2) is 4.98 Å². The Labute approximate surface area is 182 Å². The fourth-order valence-electron chi connectivity index (χ4n) is 5.64. The zero-order valence-electron chi connectivity index (χ0n) is 18.0. The van der Waals surface area contributed by atoms with Gasteiger partial charge < -0.3 is 10.1 Å². The molecule has 5 nitrogen and oxygen atoms in total. The minimum atomic E-state index is -0.314. The number of methoxy groups -OCH3 is 1. The van der Waals surface area contributed by atoms with Crippen molar-refractivity contribution in [2.45, 2.75) is 38.0 Å². The molecule has 1 saturated carbocycles. The molecule has 5 rings (SSSR count). The molecule has 0 unspecified atom stereocenters. The van der Waals surface area contributed by atoms with Crippen molar-refractivity contribution in [3.05, 3.63) is 77.5 Å². The largest absolute Gasteiger partial charge is 0.481 e. The Hall–Kier alpha value is -3.21. The Balaban J connectivity index is 1.72. The van der Waals surface area contributed by atoms with Crippen LogP contribution in [0, 0.1) is 11.8 Å². The summed E-state index contributed by atoms with van der Waals surface area (Å²) in [5, 5.41) is 3.34. The standard InChI is InChI=1S/C26H27N3O2/c1-17-21-14-13-20-23(26(21,16-15-22(17)30)18-9-5-3-6-10-18)28-25(29-24(20)31-2)27-19-11-7-4-8-12-19/h3-12,17,21H,13-16H2,1-2H3,(H,27,28,29)/t17-,21-,26+/m0/s1. The molecule has 1 N–H and O–H groups in total. The van der Waals surface area contributed by atoms with Gasteiger partial charge >= 0.3 is 0 Å². The molecule has 0 radical (unpaired) electrons. The lowest BCUT2D eigenvalue weighted by atomic mass is 9.53. The Bertz CT molecular complexity index is 1100. The smallest absolute Gasteiger partial charge is 0.230 e. The van der Waals surface area contributed by atoms with Gasteiger partial charge in [0.25, 0.3) is 0 Å². The highest BCUT2D eigenvalue weighted by Crippen LogP contribution is 2.55. The first-order chi connectivity index (χ1) is 15.1. The van der Waals surface area contributed by atoms with E-state index < -0.39 is 0 Å². The third-order valence-corrected chi connectivity index (χ3v) is 7.12. The second kappa shape index (κ2) is 7.80. The molecule has 0 aliphatic heterocycles. The third kappa shape index (κ3) is 3.19. The van der Waals surface area contributed by atoms with Crippen molar-refractivity contribution in [2.75, 3.05) is 12.4 Å². The van der Waals surface area contributed by atoms with E-state index in [0.29, 0.717) is 24.0 Å². The van der Waals surface area contributed by atoms with Crippen LogP contribution in [0.4, 0.5) is 11.6 Å². The van der Waals surface area contributed by atoms with Crippen LogP contribution in [-0.2, 0) is 16.6 Å². The third-order valence-electron chi connectivity index (χ3n) is 7.12. The molecule has 5 heteroatoms. The molecule has 2 aliphatic carbocycles. The van der Waals surface area contributed by atoms with E-state index in [-0.39, 0.29) is 17.3 Å². The van der Waals surface area contributed by atoms with E-state index in [1.54, 1.807) is 7.11 Å². The van der Waals surface area contributed by atoms with Crippen LogP contribution in [-0.4, -0.2) is 22.9 Å². The SMILES string of the molecule is COc1nc(Nc2ccccc2)nc2c1CC[C@H]1[C@H](C)C(=O)CC[C@]21c1ccccc1. The molecular formula is C26H27N3O2. The number of benzene rings is 2. The molecule has 0 saturated heterocycles. The number of rotatable bonds is 4. The number of aromatic nitrogens is 2. The molecule has 158 valence electrons. The van der Waals surface area contributed by atoms with Crippen molar-refractivity contribution in [2.24, 2.45) is 11.8 Å². The number of hydrogen-bond acceptors (Lipinski definition) is 5. The second-order valence-corrected chi connectivity index (χ2v) is 8.61. The van der Waals surface area contributed by atoms with E-state index in [1.807, 2.05) is 36.4 Å². The van der Waals surface area contributed by atoms with Crippen LogP contribution in [0.15, 0.2) is 60.7 Å². The van der Waals surface area contributed by atoms with E-state index in [0.717, 1.165) is 36.2 Å². The first-order valence-corrected chi connectivity index (χ1v) is 11.0. The minimum Gasteiger partial charge on any atom is -0.481 e. The summed E-state index contributed by atoms with van der Waals surface area (Å²) < 4.78 is 5.74. The number of anilines is 2. The molecule has 31 heavy (non-hydrogen) atoms. The van der Waals surface area contributed by atoms with Crippen LogP contribution in [0.1, 0.15) is 43.0 Å². The normalized spacial score (nSPS) is 24.8. The molecule has 3 aromatic rings. The number of ketones is 1. The van der Waals surface area contributed by atoms with Crippen LogP contribution in [0.3, 0.4) is 0 Å². The van der Waals surface area contributed by atoms with Gasteiger partial charge in [-0.2, -0.15) is 4.98 Å². The summed E-state index contributed by atoms with van der Waals surface area (Å²) in [6.45, 7) is 2.09. The predicted molar refractivity (Wildman–Crippen MR) is 121 cm³/mol. The lowest BCUT2D eigenvalue weighted by Crippen LogP contribution is -2.50. The van der Waals surface area contributed by atoms with Gasteiger partial charge in [0.2, 0.25) is 11.8 Å². The Kier molecular flexibility index (Phi) is 4.97. The fraction of sp³-hybridized carbons (Fsp3) is 0.346. The number of fused-ring (bicyclic) bond motifs is 3. The van der Waals surface area contributed by atoms with E-state index >= 15 is 0 Å². The number of Topliss-reactive ketones (excluding diaryl/α,β-unsaturated/α-hetero) is 1. The van der Waals surface area contributed by atoms with Crippen molar-refractivity contribution in [1.82, 2.24) is 9.97 Å². The summed E-state index contributed by atoms with van der Waals surface area (Å²) in [5.41, 5.74) is 3.93. The molecular weight excluding hydrogens is 386 g/mol. The summed E-state index contributed by atoms with van der Waals surface area (Å²) in [4.78, 5) is 22.5. The summed E-state index contributed by atoms with van der Waals surface area (Å²) in [7, 11) is 1.67. The summed E-state index contributed by atoms with van der Waals surface area (Å²) >= 11 is 0. The van der Waals surface area contributed by atoms with Gasteiger partial charge in [0.1, 0.15) is 5.78 Å². The number of para-hydroxylation sites is 1. The van der Waals surface area contributed by atoms with Gasteiger partial charge in [-0.3, -0.25) is 4.79 Å². The maximum atomic E-state index is 12.7. The molecule has 0 bridgehead atoms. The lowest BCUT2D eigenvalue weighted by molar-refractivity contribution is -0.128. The maximum Gasteiger partial charge on any atom is 0.230 e. The van der Waals surface area contributed by atoms with Crippen LogP contribution < -0.4 is 10.1 Å². The number of nitrogens with one attached hydrogen (secondary N) is 1. The highest BCUT2D eigenvalue weighted by atomic mass is 16.5. The first kappa shape index (κ1) is 19.7. The fourth-order valence-corrected chi connectivity index (χ4v) is 5.64. The molecule has 3 atom stereocenters. The number of hydrogen-bond donors (Lipinski definition) is 1. The molecule has 0 spiro atoms. The van der Waals surface area contributed by atoms with Crippen molar-refractivity contribution >= 4 is 17.4 Å². The average Bonchev–Trinajstić information content (AvgIpc) is 2.82. The van der Waals surface area contributed by atoms with Crippen LogP contribution in [0.5, 0.6) is 5.88 Å². The molecule has 0 amide bonds. The predicted octanol–water partition coefficient (Wildman–Crippen LogP) is 5.08. The summed E-state index contributed by atoms with van der Waals surface area (Å²) in [6.07, 6.45) is 3.09. The van der Waals surface area contributed by atoms with Crippen LogP contribution >= 0.6 is 0 Å². The molecule has 1 aromatic heterocycles. The Morgan fingerprint density at radius 3 is 2.42 bits per heavy atom. The van der Waals surface area contributed by atoms with Gasteiger partial charge in [0.05, 0.1) is 12.8 Å². The molecule has 1 heterocycles. The maximum absolute atomic E-state index is 12.7. The minimum absolute atomic E-state index is 0.00796. The molecule has 1 fully saturated rings. The van der Waals surface area contributed by atoms with Crippen molar-refractivity contribution in [3.8, 4) is 5.88 Å². The summed E-state index contributed by atoms with van der Waals surface area (Å²) in [6, 6.07) is 20.5. The molecule has 2 aromatic carbocycles. The first-order valence-electron chi connectivity index (χ1n) is 11.0. The van der Waals surface area contributed by atoms with Crippen molar-refractivity contribution in [3.63, 3.8) is 0 Å². The van der Waals surface area contributed by atoms with E-state index in [2.05, 4.69) is 41.5 Å². The van der Waals surface area contributed by atoms with Crippen LogP contribution in [0.25, 0.3) is 0 Å². The van der Waals surface area contributed by atoms with Gasteiger partial charge in [0, 0.05) is 29.0 Å². The highest BCUT2D eigenvalue weighted by molar-refractivity contribution is 5.83. The van der Waals surface area contributed by atoms with E-state index in [1.165, 1.54) is 5.56 Å². The second-order valence-electron chi connectivity index (χ2n) is 8.61. The Morgan fingerprint density at radius 1 is 1.00 bits per heavy atom. The molecule has 2 aliphatic rings. The van der Waals surface area contributed by atoms with Crippen molar-refractivity contribution < 1.29 is 9.53 Å². The van der Waals surface area contributed by atoms with Crippen molar-refractivity contribution in [1.29, 1.82) is 0 Å². The topological polar surface area (TPSA) is 64.1 Å². The average molecular weight is 414 g/mol.